The number of rotatable bonds is 7. The molecular formula is C11H19NO12S. The molecule has 1 heterocycles. The van der Waals surface area contributed by atoms with Gasteiger partial charge in [-0.05, 0) is 0 Å². The molecule has 1 aliphatic rings. The maximum atomic E-state index is 11.3. The standard InChI is InChI=1S/C11H19NO12S/c1-4(14)12-7-6(24-25(20,21)22)2-11(19,10(17)18)23-9(7)8(16)5(15)3-13/h5-9,13,15-16,19H,2-3H2,1H3,(H,12,14)(H,17,18)(H,20,21,22)/t5?,6-,7+,8?,9+,11?/m0/s1. The van der Waals surface area contributed by atoms with Gasteiger partial charge < -0.3 is 35.6 Å². The largest absolute Gasteiger partial charge is 0.477 e. The molecule has 0 radical (unpaired) electrons. The van der Waals surface area contributed by atoms with Gasteiger partial charge in [0.05, 0.1) is 12.6 Å². The molecule has 1 amide bonds. The first kappa shape index (κ1) is 21.7. The Labute approximate surface area is 141 Å². The van der Waals surface area contributed by atoms with Crippen LogP contribution in [0.25, 0.3) is 0 Å². The minimum absolute atomic E-state index is 0.783. The molecule has 0 aromatic heterocycles. The molecule has 14 heteroatoms. The van der Waals surface area contributed by atoms with Gasteiger partial charge in [-0.15, -0.1) is 0 Å². The predicted octanol–water partition coefficient (Wildman–Crippen LogP) is -4.04. The number of hydrogen-bond donors (Lipinski definition) is 7. The molecule has 1 fully saturated rings. The number of amides is 1. The molecule has 0 aromatic carbocycles. The van der Waals surface area contributed by atoms with E-state index in [1.165, 1.54) is 0 Å². The van der Waals surface area contributed by atoms with Gasteiger partial charge in [-0.25, -0.2) is 8.98 Å². The molecule has 1 saturated heterocycles. The van der Waals surface area contributed by atoms with Gasteiger partial charge in [0.25, 0.3) is 5.79 Å². The maximum absolute atomic E-state index is 11.3. The van der Waals surface area contributed by atoms with E-state index in [2.05, 4.69) is 9.50 Å². The first-order valence-electron chi connectivity index (χ1n) is 6.84. The lowest BCUT2D eigenvalue weighted by Crippen LogP contribution is -2.67. The molecule has 0 saturated carbocycles. The Morgan fingerprint density at radius 1 is 1.40 bits per heavy atom. The Morgan fingerprint density at radius 3 is 2.36 bits per heavy atom. The number of carbonyl (C=O) groups excluding carboxylic acids is 1. The lowest BCUT2D eigenvalue weighted by molar-refractivity contribution is -0.292. The number of nitrogens with one attached hydrogen (secondary N) is 1. The molecular weight excluding hydrogens is 370 g/mol. The summed E-state index contributed by atoms with van der Waals surface area (Å²) >= 11 is 0. The minimum Gasteiger partial charge on any atom is -0.477 e. The Kier molecular flexibility index (Phi) is 6.82. The van der Waals surface area contributed by atoms with Crippen molar-refractivity contribution in [1.82, 2.24) is 5.32 Å². The molecule has 0 aliphatic carbocycles. The van der Waals surface area contributed by atoms with Crippen LogP contribution in [0.1, 0.15) is 13.3 Å². The summed E-state index contributed by atoms with van der Waals surface area (Å²) in [4.78, 5) is 22.5. The second-order valence-electron chi connectivity index (χ2n) is 5.41. The summed E-state index contributed by atoms with van der Waals surface area (Å²) in [7, 11) is -5.15. The molecule has 1 aliphatic heterocycles. The smallest absolute Gasteiger partial charge is 0.397 e. The van der Waals surface area contributed by atoms with Crippen LogP contribution in [-0.2, 0) is 28.9 Å². The summed E-state index contributed by atoms with van der Waals surface area (Å²) in [6.45, 7) is -0.00242. The Morgan fingerprint density at radius 2 is 1.96 bits per heavy atom. The van der Waals surface area contributed by atoms with Gasteiger partial charge >= 0.3 is 16.4 Å². The van der Waals surface area contributed by atoms with E-state index < -0.39 is 71.5 Å². The molecule has 13 nitrogen and oxygen atoms in total. The van der Waals surface area contributed by atoms with Crippen LogP contribution in [0.5, 0.6) is 0 Å². The monoisotopic (exact) mass is 389 g/mol. The fraction of sp³-hybridized carbons (Fsp3) is 0.818. The molecule has 1 rings (SSSR count). The maximum Gasteiger partial charge on any atom is 0.397 e. The van der Waals surface area contributed by atoms with Gasteiger partial charge in [0, 0.05) is 13.3 Å². The van der Waals surface area contributed by atoms with Crippen molar-refractivity contribution in [2.75, 3.05) is 6.61 Å². The lowest BCUT2D eigenvalue weighted by Gasteiger charge is -2.45. The summed E-state index contributed by atoms with van der Waals surface area (Å²) in [5.41, 5.74) is 0. The van der Waals surface area contributed by atoms with Crippen molar-refractivity contribution < 1.29 is 57.0 Å². The third kappa shape index (κ3) is 5.55. The van der Waals surface area contributed by atoms with Crippen molar-refractivity contribution in [3.63, 3.8) is 0 Å². The third-order valence-electron chi connectivity index (χ3n) is 3.43. The molecule has 7 N–H and O–H groups in total. The second kappa shape index (κ2) is 7.88. The van der Waals surface area contributed by atoms with Crippen molar-refractivity contribution in [1.29, 1.82) is 0 Å². The van der Waals surface area contributed by atoms with Crippen LogP contribution in [0.2, 0.25) is 0 Å². The van der Waals surface area contributed by atoms with Crippen LogP contribution >= 0.6 is 0 Å². The van der Waals surface area contributed by atoms with E-state index in [1.54, 1.807) is 0 Å². The van der Waals surface area contributed by atoms with Crippen LogP contribution in [0.3, 0.4) is 0 Å². The number of hydrogen-bond acceptors (Lipinski definition) is 10. The highest BCUT2D eigenvalue weighted by molar-refractivity contribution is 7.80. The Balaban J connectivity index is 3.33. The first-order valence-corrected chi connectivity index (χ1v) is 8.20. The number of aliphatic hydroxyl groups is 4. The van der Waals surface area contributed by atoms with Crippen LogP contribution in [0.4, 0.5) is 0 Å². The van der Waals surface area contributed by atoms with Gasteiger partial charge in [0.15, 0.2) is 0 Å². The SMILES string of the molecule is CC(=O)N[C@@H]1[C@@H](OS(=O)(=O)O)CC(O)(C(=O)O)O[C@H]1C(O)C(O)CO. The highest BCUT2D eigenvalue weighted by Gasteiger charge is 2.55. The fourth-order valence-corrected chi connectivity index (χ4v) is 2.86. The molecule has 6 atom stereocenters. The molecule has 25 heavy (non-hydrogen) atoms. The van der Waals surface area contributed by atoms with Gasteiger partial charge in [-0.2, -0.15) is 8.42 Å². The number of aliphatic carboxylic acids is 1. The van der Waals surface area contributed by atoms with E-state index in [1.807, 2.05) is 0 Å². The zero-order valence-electron chi connectivity index (χ0n) is 12.8. The Bertz CT molecular complexity index is 608. The van der Waals surface area contributed by atoms with E-state index in [9.17, 15) is 33.3 Å². The first-order chi connectivity index (χ1) is 11.3. The van der Waals surface area contributed by atoms with Gasteiger partial charge in [-0.1, -0.05) is 0 Å². The van der Waals surface area contributed by atoms with Crippen molar-refractivity contribution in [3.05, 3.63) is 0 Å². The van der Waals surface area contributed by atoms with Gasteiger partial charge in [-0.3, -0.25) is 9.35 Å². The Hall–Kier alpha value is -1.39. The van der Waals surface area contributed by atoms with E-state index in [-0.39, 0.29) is 0 Å². The zero-order valence-corrected chi connectivity index (χ0v) is 13.7. The number of ether oxygens (including phenoxy) is 1. The molecule has 3 unspecified atom stereocenters. The highest BCUT2D eigenvalue weighted by Crippen LogP contribution is 2.32. The van der Waals surface area contributed by atoms with E-state index in [4.69, 9.17) is 19.5 Å². The summed E-state index contributed by atoms with van der Waals surface area (Å²) in [5.74, 6) is -5.83. The van der Waals surface area contributed by atoms with Crippen molar-refractivity contribution in [2.24, 2.45) is 0 Å². The normalized spacial score (nSPS) is 32.6. The molecule has 146 valence electrons. The quantitative estimate of drug-likeness (QED) is 0.207. The van der Waals surface area contributed by atoms with E-state index in [0.29, 0.717) is 0 Å². The minimum atomic E-state index is -5.15. The molecule has 0 aromatic rings. The third-order valence-corrected chi connectivity index (χ3v) is 3.92. The van der Waals surface area contributed by atoms with Gasteiger partial charge in [0.1, 0.15) is 24.4 Å². The van der Waals surface area contributed by atoms with E-state index >= 15 is 0 Å². The number of aliphatic hydroxyl groups excluding tert-OH is 3. The van der Waals surface area contributed by atoms with Crippen LogP contribution < -0.4 is 5.32 Å². The van der Waals surface area contributed by atoms with Crippen molar-refractivity contribution >= 4 is 22.3 Å². The summed E-state index contributed by atoms with van der Waals surface area (Å²) in [6.07, 6.45) is -8.78. The molecule has 0 spiro atoms. The van der Waals surface area contributed by atoms with Crippen LogP contribution in [-0.4, -0.2) is 93.2 Å². The zero-order chi connectivity index (χ0) is 19.6. The highest BCUT2D eigenvalue weighted by atomic mass is 32.3. The van der Waals surface area contributed by atoms with Gasteiger partial charge in [0.2, 0.25) is 5.91 Å². The van der Waals surface area contributed by atoms with Crippen molar-refractivity contribution in [2.45, 2.75) is 49.6 Å². The number of carbonyl (C=O) groups is 2. The van der Waals surface area contributed by atoms with E-state index in [0.717, 1.165) is 6.92 Å². The number of carboxylic acid groups (broad SMARTS) is 1. The molecule has 0 bridgehead atoms. The number of carboxylic acids is 1. The second-order valence-corrected chi connectivity index (χ2v) is 6.45. The summed E-state index contributed by atoms with van der Waals surface area (Å²) in [6, 6.07) is -1.60. The van der Waals surface area contributed by atoms with Crippen LogP contribution in [0.15, 0.2) is 0 Å². The predicted molar refractivity (Wildman–Crippen MR) is 75.2 cm³/mol. The summed E-state index contributed by atoms with van der Waals surface area (Å²) < 4.78 is 39.9. The average molecular weight is 389 g/mol. The van der Waals surface area contributed by atoms with Crippen molar-refractivity contribution in [3.8, 4) is 0 Å². The van der Waals surface area contributed by atoms with Crippen LogP contribution in [0, 0.1) is 0 Å². The average Bonchev–Trinajstić information content (AvgIpc) is 2.46. The summed E-state index contributed by atoms with van der Waals surface area (Å²) in [5, 5.41) is 49.6. The topological polar surface area (TPSA) is 220 Å². The fourth-order valence-electron chi connectivity index (χ4n) is 2.36. The lowest BCUT2D eigenvalue weighted by atomic mass is 9.88.